The molecule has 2 aromatic carbocycles. The fraction of sp³-hybridized carbons (Fsp3) is 0.346. The number of carbonyl (C=O) groups is 3. The number of aliphatic carboxylic acids is 1. The third-order valence-electron chi connectivity index (χ3n) is 5.88. The number of aliphatic hydroxyl groups excluding tert-OH is 1. The first-order valence-electron chi connectivity index (χ1n) is 11.1. The molecule has 34 heavy (non-hydrogen) atoms. The predicted molar refractivity (Wildman–Crippen MR) is 126 cm³/mol. The summed E-state index contributed by atoms with van der Waals surface area (Å²) in [4.78, 5) is 38.3. The Morgan fingerprint density at radius 1 is 0.941 bits per heavy atom. The lowest BCUT2D eigenvalue weighted by Crippen LogP contribution is -2.30. The van der Waals surface area contributed by atoms with Gasteiger partial charge in [-0.1, -0.05) is 42.3 Å². The zero-order valence-corrected chi connectivity index (χ0v) is 19.5. The van der Waals surface area contributed by atoms with E-state index in [-0.39, 0.29) is 24.3 Å². The van der Waals surface area contributed by atoms with E-state index in [2.05, 4.69) is 0 Å². The molecule has 1 saturated heterocycles. The number of carboxylic acids is 1. The molecule has 0 saturated carbocycles. The van der Waals surface area contributed by atoms with Gasteiger partial charge in [-0.25, -0.2) is 0 Å². The lowest BCUT2D eigenvalue weighted by atomic mass is 9.94. The number of rotatable bonds is 10. The van der Waals surface area contributed by atoms with Crippen molar-refractivity contribution in [2.24, 2.45) is 0 Å². The van der Waals surface area contributed by atoms with Gasteiger partial charge in [0.15, 0.2) is 11.5 Å². The van der Waals surface area contributed by atoms with E-state index < -0.39 is 23.7 Å². The summed E-state index contributed by atoms with van der Waals surface area (Å²) in [6.07, 6.45) is 1.63. The van der Waals surface area contributed by atoms with E-state index in [0.717, 1.165) is 5.56 Å². The first-order chi connectivity index (χ1) is 16.3. The SMILES string of the molecule is COc1ccc(C2/C(=C(\O)c3ccc(C)cc3)C(=O)C(=O)N2CCCCCC(=O)O)cc1OC. The highest BCUT2D eigenvalue weighted by Gasteiger charge is 2.46. The molecule has 1 unspecified atom stereocenters. The van der Waals surface area contributed by atoms with Crippen LogP contribution in [0.2, 0.25) is 0 Å². The zero-order valence-electron chi connectivity index (χ0n) is 19.5. The Bertz CT molecular complexity index is 1100. The van der Waals surface area contributed by atoms with Crippen molar-refractivity contribution in [1.29, 1.82) is 0 Å². The molecule has 1 aliphatic heterocycles. The van der Waals surface area contributed by atoms with Crippen molar-refractivity contribution in [2.45, 2.75) is 38.6 Å². The van der Waals surface area contributed by atoms with Crippen LogP contribution in [-0.4, -0.2) is 53.5 Å². The van der Waals surface area contributed by atoms with Crippen LogP contribution in [-0.2, 0) is 14.4 Å². The van der Waals surface area contributed by atoms with Crippen LogP contribution in [0.3, 0.4) is 0 Å². The summed E-state index contributed by atoms with van der Waals surface area (Å²) in [5.74, 6) is -1.65. The van der Waals surface area contributed by atoms with Crippen molar-refractivity contribution in [3.05, 3.63) is 64.7 Å². The first kappa shape index (κ1) is 24.8. The van der Waals surface area contributed by atoms with Crippen LogP contribution in [0, 0.1) is 6.92 Å². The molecular formula is C26H29NO7. The van der Waals surface area contributed by atoms with Gasteiger partial charge >= 0.3 is 5.97 Å². The topological polar surface area (TPSA) is 113 Å². The van der Waals surface area contributed by atoms with Gasteiger partial charge in [0.1, 0.15) is 5.76 Å². The van der Waals surface area contributed by atoms with Crippen LogP contribution < -0.4 is 9.47 Å². The minimum Gasteiger partial charge on any atom is -0.507 e. The number of benzene rings is 2. The Balaban J connectivity index is 2.04. The average Bonchev–Trinajstić information content (AvgIpc) is 3.08. The number of aliphatic hydroxyl groups is 1. The number of hydrogen-bond donors (Lipinski definition) is 2. The van der Waals surface area contributed by atoms with E-state index in [4.69, 9.17) is 14.6 Å². The van der Waals surface area contributed by atoms with Crippen molar-refractivity contribution >= 4 is 23.4 Å². The van der Waals surface area contributed by atoms with E-state index in [9.17, 15) is 19.5 Å². The summed E-state index contributed by atoms with van der Waals surface area (Å²) in [7, 11) is 3.01. The summed E-state index contributed by atoms with van der Waals surface area (Å²) in [6, 6.07) is 11.3. The minimum atomic E-state index is -0.871. The second kappa shape index (κ2) is 10.9. The van der Waals surface area contributed by atoms with Gasteiger partial charge < -0.3 is 24.6 Å². The molecule has 1 atom stereocenters. The third-order valence-corrected chi connectivity index (χ3v) is 5.88. The Morgan fingerprint density at radius 2 is 1.62 bits per heavy atom. The molecule has 8 heteroatoms. The summed E-state index contributed by atoms with van der Waals surface area (Å²) >= 11 is 0. The van der Waals surface area contributed by atoms with E-state index in [0.29, 0.717) is 41.9 Å². The van der Waals surface area contributed by atoms with Crippen molar-refractivity contribution in [1.82, 2.24) is 4.90 Å². The number of hydrogen-bond acceptors (Lipinski definition) is 6. The number of ketones is 1. The quantitative estimate of drug-likeness (QED) is 0.234. The number of carboxylic acid groups (broad SMARTS) is 1. The van der Waals surface area contributed by atoms with Crippen molar-refractivity contribution in [2.75, 3.05) is 20.8 Å². The maximum Gasteiger partial charge on any atom is 0.303 e. The number of likely N-dealkylation sites (tertiary alicyclic amines) is 1. The van der Waals surface area contributed by atoms with Gasteiger partial charge in [0.25, 0.3) is 11.7 Å². The van der Waals surface area contributed by atoms with Gasteiger partial charge in [0.05, 0.1) is 25.8 Å². The average molecular weight is 468 g/mol. The number of nitrogens with zero attached hydrogens (tertiary/aromatic N) is 1. The highest BCUT2D eigenvalue weighted by Crippen LogP contribution is 2.42. The second-order valence-electron chi connectivity index (χ2n) is 8.18. The maximum atomic E-state index is 13.1. The summed E-state index contributed by atoms with van der Waals surface area (Å²) in [5, 5.41) is 19.9. The van der Waals surface area contributed by atoms with Crippen LogP contribution in [0.25, 0.3) is 5.76 Å². The van der Waals surface area contributed by atoms with Crippen molar-refractivity contribution < 1.29 is 34.1 Å². The first-order valence-corrected chi connectivity index (χ1v) is 11.1. The largest absolute Gasteiger partial charge is 0.507 e. The zero-order chi connectivity index (χ0) is 24.8. The molecule has 0 spiro atoms. The van der Waals surface area contributed by atoms with Crippen LogP contribution in [0.1, 0.15) is 48.4 Å². The Labute approximate surface area is 198 Å². The van der Waals surface area contributed by atoms with Gasteiger partial charge in [-0.2, -0.15) is 0 Å². The van der Waals surface area contributed by atoms with Crippen LogP contribution in [0.5, 0.6) is 11.5 Å². The van der Waals surface area contributed by atoms with Crippen molar-refractivity contribution in [3.8, 4) is 11.5 Å². The summed E-state index contributed by atoms with van der Waals surface area (Å²) in [5.41, 5.74) is 2.04. The highest BCUT2D eigenvalue weighted by atomic mass is 16.5. The predicted octanol–water partition coefficient (Wildman–Crippen LogP) is 4.08. The van der Waals surface area contributed by atoms with Crippen molar-refractivity contribution in [3.63, 3.8) is 0 Å². The molecular weight excluding hydrogens is 438 g/mol. The number of Topliss-reactive ketones (excluding diaryl/α,β-unsaturated/α-hetero) is 1. The third kappa shape index (κ3) is 5.22. The standard InChI is InChI=1S/C26H29NO7/c1-16-8-10-17(11-9-16)24(30)22-23(18-12-13-19(33-2)20(15-18)34-3)27(26(32)25(22)31)14-6-4-5-7-21(28)29/h8-13,15,23,30H,4-7,14H2,1-3H3,(H,28,29)/b24-22+. The fourth-order valence-corrected chi connectivity index (χ4v) is 4.08. The molecule has 0 aromatic heterocycles. The second-order valence-corrected chi connectivity index (χ2v) is 8.18. The van der Waals surface area contributed by atoms with E-state index in [1.165, 1.54) is 19.1 Å². The Hall–Kier alpha value is -3.81. The number of amides is 1. The monoisotopic (exact) mass is 467 g/mol. The van der Waals surface area contributed by atoms with Gasteiger partial charge in [-0.05, 0) is 37.5 Å². The molecule has 0 aliphatic carbocycles. The van der Waals surface area contributed by atoms with Gasteiger partial charge in [0.2, 0.25) is 0 Å². The number of ether oxygens (including phenoxy) is 2. The van der Waals surface area contributed by atoms with Crippen LogP contribution >= 0.6 is 0 Å². The minimum absolute atomic E-state index is 0.00612. The molecule has 8 nitrogen and oxygen atoms in total. The van der Waals surface area contributed by atoms with Gasteiger partial charge in [-0.3, -0.25) is 14.4 Å². The fourth-order valence-electron chi connectivity index (χ4n) is 4.08. The molecule has 2 N–H and O–H groups in total. The van der Waals surface area contributed by atoms with Crippen LogP contribution in [0.15, 0.2) is 48.0 Å². The molecule has 0 radical (unpaired) electrons. The van der Waals surface area contributed by atoms with E-state index >= 15 is 0 Å². The molecule has 180 valence electrons. The Morgan fingerprint density at radius 3 is 2.24 bits per heavy atom. The van der Waals surface area contributed by atoms with Gasteiger partial charge in [-0.15, -0.1) is 0 Å². The number of carbonyl (C=O) groups excluding carboxylic acids is 2. The normalized spacial score (nSPS) is 17.1. The van der Waals surface area contributed by atoms with E-state index in [1.54, 1.807) is 30.3 Å². The van der Waals surface area contributed by atoms with Gasteiger partial charge in [0, 0.05) is 18.5 Å². The number of aryl methyl sites for hydroxylation is 1. The molecule has 1 fully saturated rings. The molecule has 0 bridgehead atoms. The summed E-state index contributed by atoms with van der Waals surface area (Å²) < 4.78 is 10.7. The van der Waals surface area contributed by atoms with E-state index in [1.807, 2.05) is 19.1 Å². The van der Waals surface area contributed by atoms with Crippen LogP contribution in [0.4, 0.5) is 0 Å². The number of unbranched alkanes of at least 4 members (excludes halogenated alkanes) is 2. The number of methoxy groups -OCH3 is 2. The maximum absolute atomic E-state index is 13.1. The molecule has 1 aliphatic rings. The lowest BCUT2D eigenvalue weighted by Gasteiger charge is -2.26. The summed E-state index contributed by atoms with van der Waals surface area (Å²) in [6.45, 7) is 2.16. The lowest BCUT2D eigenvalue weighted by molar-refractivity contribution is -0.140. The highest BCUT2D eigenvalue weighted by molar-refractivity contribution is 6.46. The molecule has 1 heterocycles. The molecule has 3 rings (SSSR count). The molecule has 2 aromatic rings. The smallest absolute Gasteiger partial charge is 0.303 e. The molecule has 1 amide bonds. The Kier molecular flexibility index (Phi) is 7.94.